The fourth-order valence-corrected chi connectivity index (χ4v) is 4.34. The summed E-state index contributed by atoms with van der Waals surface area (Å²) in [7, 11) is 0. The summed E-state index contributed by atoms with van der Waals surface area (Å²) in [6.07, 6.45) is 8.62. The second-order valence-electron chi connectivity index (χ2n) is 7.71. The first-order valence-corrected chi connectivity index (χ1v) is 10.2. The van der Waals surface area contributed by atoms with Crippen LogP contribution in [0, 0.1) is 5.92 Å². The van der Waals surface area contributed by atoms with Gasteiger partial charge in [0.2, 0.25) is 0 Å². The van der Waals surface area contributed by atoms with Gasteiger partial charge in [-0.25, -0.2) is 4.79 Å². The Bertz CT molecular complexity index is 811. The van der Waals surface area contributed by atoms with Crippen LogP contribution in [0.4, 0.5) is 0 Å². The van der Waals surface area contributed by atoms with Crippen molar-refractivity contribution in [2.75, 3.05) is 0 Å². The van der Waals surface area contributed by atoms with Crippen molar-refractivity contribution in [3.8, 4) is 0 Å². The molecule has 0 radical (unpaired) electrons. The van der Waals surface area contributed by atoms with Crippen molar-refractivity contribution < 1.29 is 9.90 Å². The third-order valence-electron chi connectivity index (χ3n) is 5.93. The topological polar surface area (TPSA) is 37.3 Å². The van der Waals surface area contributed by atoms with Crippen molar-refractivity contribution in [2.24, 2.45) is 5.92 Å². The van der Waals surface area contributed by atoms with E-state index in [4.69, 9.17) is 0 Å². The number of carboxylic acids is 1. The molecule has 0 spiro atoms. The van der Waals surface area contributed by atoms with Gasteiger partial charge in [0.05, 0.1) is 5.56 Å². The van der Waals surface area contributed by atoms with E-state index in [1.165, 1.54) is 54.4 Å². The number of aromatic carboxylic acids is 1. The third kappa shape index (κ3) is 4.68. The fourth-order valence-electron chi connectivity index (χ4n) is 4.34. The highest BCUT2D eigenvalue weighted by atomic mass is 16.4. The van der Waals surface area contributed by atoms with Gasteiger partial charge < -0.3 is 5.11 Å². The minimum absolute atomic E-state index is 0.367. The summed E-state index contributed by atoms with van der Waals surface area (Å²) in [6, 6.07) is 16.2. The molecule has 1 N–H and O–H groups in total. The van der Waals surface area contributed by atoms with Gasteiger partial charge in [-0.3, -0.25) is 0 Å². The number of carbonyl (C=O) groups is 1. The Morgan fingerprint density at radius 2 is 1.70 bits per heavy atom. The smallest absolute Gasteiger partial charge is 0.335 e. The molecule has 0 amide bonds. The predicted octanol–water partition coefficient (Wildman–Crippen LogP) is 6.85. The second-order valence-corrected chi connectivity index (χ2v) is 7.71. The minimum Gasteiger partial charge on any atom is -0.478 e. The molecule has 1 aliphatic rings. The Kier molecular flexibility index (Phi) is 6.49. The largest absolute Gasteiger partial charge is 0.478 e. The lowest BCUT2D eigenvalue weighted by Gasteiger charge is -2.25. The van der Waals surface area contributed by atoms with Gasteiger partial charge in [-0.1, -0.05) is 75.4 Å². The number of aryl methyl sites for hydroxylation is 1. The summed E-state index contributed by atoms with van der Waals surface area (Å²) in [6.45, 7) is 4.31. The van der Waals surface area contributed by atoms with E-state index >= 15 is 0 Å². The van der Waals surface area contributed by atoms with E-state index in [0.717, 1.165) is 24.3 Å². The lowest BCUT2D eigenvalue weighted by Crippen LogP contribution is -2.08. The number of hydrogen-bond acceptors (Lipinski definition) is 1. The number of allylic oxidation sites excluding steroid dienone is 2. The van der Waals surface area contributed by atoms with E-state index < -0.39 is 5.97 Å². The van der Waals surface area contributed by atoms with Crippen LogP contribution in [0.5, 0.6) is 0 Å². The highest BCUT2D eigenvalue weighted by Crippen LogP contribution is 2.37. The van der Waals surface area contributed by atoms with Crippen LogP contribution in [0.25, 0.3) is 11.1 Å². The Hall–Kier alpha value is -2.35. The standard InChI is InChI=1S/C25H30O2/c1-3-20-14-15-22(25(26)27)17-24(20)18(2)23(21-12-8-5-9-13-21)16-19-10-6-4-7-11-19/h5,8-9,12-15,17,19H,3-4,6-7,10-11,16H2,1-2H3,(H,26,27)/b23-18+. The molecule has 2 nitrogen and oxygen atoms in total. The molecule has 0 atom stereocenters. The van der Waals surface area contributed by atoms with E-state index in [0.29, 0.717) is 5.56 Å². The molecule has 3 rings (SSSR count). The highest BCUT2D eigenvalue weighted by Gasteiger charge is 2.19. The molecule has 1 fully saturated rings. The lowest BCUT2D eigenvalue weighted by molar-refractivity contribution is 0.0697. The minimum atomic E-state index is -0.861. The third-order valence-corrected chi connectivity index (χ3v) is 5.93. The quantitative estimate of drug-likeness (QED) is 0.571. The average molecular weight is 363 g/mol. The van der Waals surface area contributed by atoms with E-state index in [2.05, 4.69) is 44.2 Å². The molecule has 142 valence electrons. The van der Waals surface area contributed by atoms with Crippen molar-refractivity contribution in [3.63, 3.8) is 0 Å². The van der Waals surface area contributed by atoms with E-state index in [1.807, 2.05) is 12.1 Å². The van der Waals surface area contributed by atoms with Crippen LogP contribution in [0.1, 0.15) is 79.4 Å². The molecule has 0 heterocycles. The molecular formula is C25H30O2. The zero-order chi connectivity index (χ0) is 19.2. The van der Waals surface area contributed by atoms with Gasteiger partial charge in [0.25, 0.3) is 0 Å². The van der Waals surface area contributed by atoms with Gasteiger partial charge >= 0.3 is 5.97 Å². The summed E-state index contributed by atoms with van der Waals surface area (Å²) < 4.78 is 0. The van der Waals surface area contributed by atoms with Gasteiger partial charge in [0.15, 0.2) is 0 Å². The molecular weight excluding hydrogens is 332 g/mol. The van der Waals surface area contributed by atoms with Gasteiger partial charge in [-0.05, 0) is 65.7 Å². The lowest BCUT2D eigenvalue weighted by atomic mass is 9.80. The fraction of sp³-hybridized carbons (Fsp3) is 0.400. The Labute approximate surface area is 162 Å². The first kappa shape index (κ1) is 19.4. The zero-order valence-electron chi connectivity index (χ0n) is 16.5. The Morgan fingerprint density at radius 1 is 1.00 bits per heavy atom. The zero-order valence-corrected chi connectivity index (χ0v) is 16.5. The summed E-state index contributed by atoms with van der Waals surface area (Å²) >= 11 is 0. The normalized spacial score (nSPS) is 16.1. The first-order chi connectivity index (χ1) is 13.1. The van der Waals surface area contributed by atoms with Gasteiger partial charge in [-0.2, -0.15) is 0 Å². The highest BCUT2D eigenvalue weighted by molar-refractivity contribution is 5.94. The maximum absolute atomic E-state index is 11.5. The molecule has 0 bridgehead atoms. The van der Waals surface area contributed by atoms with Crippen LogP contribution in [0.3, 0.4) is 0 Å². The summed E-state index contributed by atoms with van der Waals surface area (Å²) in [5, 5.41) is 9.46. The Morgan fingerprint density at radius 3 is 2.33 bits per heavy atom. The SMILES string of the molecule is CCc1ccc(C(=O)O)cc1/C(C)=C(\CC1CCCCC1)c1ccccc1. The van der Waals surface area contributed by atoms with Crippen LogP contribution in [0.15, 0.2) is 48.5 Å². The van der Waals surface area contributed by atoms with Crippen molar-refractivity contribution >= 4 is 17.1 Å². The summed E-state index contributed by atoms with van der Waals surface area (Å²) in [4.78, 5) is 11.5. The maximum atomic E-state index is 11.5. The summed E-state index contributed by atoms with van der Waals surface area (Å²) in [5.41, 5.74) is 6.54. The van der Waals surface area contributed by atoms with Gasteiger partial charge in [-0.15, -0.1) is 0 Å². The second kappa shape index (κ2) is 9.03. The van der Waals surface area contributed by atoms with Crippen LogP contribution >= 0.6 is 0 Å². The van der Waals surface area contributed by atoms with Crippen LogP contribution in [-0.4, -0.2) is 11.1 Å². The van der Waals surface area contributed by atoms with Crippen molar-refractivity contribution in [3.05, 3.63) is 70.8 Å². The molecule has 0 aromatic heterocycles. The molecule has 0 saturated heterocycles. The molecule has 2 aromatic rings. The molecule has 1 saturated carbocycles. The van der Waals surface area contributed by atoms with Gasteiger partial charge in [0, 0.05) is 0 Å². The Balaban J connectivity index is 2.09. The summed E-state index contributed by atoms with van der Waals surface area (Å²) in [5.74, 6) is -0.128. The van der Waals surface area contributed by atoms with E-state index in [-0.39, 0.29) is 0 Å². The molecule has 0 unspecified atom stereocenters. The molecule has 2 aromatic carbocycles. The predicted molar refractivity (Wildman–Crippen MR) is 113 cm³/mol. The van der Waals surface area contributed by atoms with Crippen molar-refractivity contribution in [1.82, 2.24) is 0 Å². The van der Waals surface area contributed by atoms with Crippen LogP contribution in [0.2, 0.25) is 0 Å². The number of hydrogen-bond donors (Lipinski definition) is 1. The van der Waals surface area contributed by atoms with Crippen LogP contribution in [-0.2, 0) is 6.42 Å². The average Bonchev–Trinajstić information content (AvgIpc) is 2.72. The maximum Gasteiger partial charge on any atom is 0.335 e. The van der Waals surface area contributed by atoms with Crippen molar-refractivity contribution in [1.29, 1.82) is 0 Å². The number of rotatable bonds is 6. The molecule has 2 heteroatoms. The van der Waals surface area contributed by atoms with Crippen LogP contribution < -0.4 is 0 Å². The molecule has 27 heavy (non-hydrogen) atoms. The first-order valence-electron chi connectivity index (χ1n) is 10.2. The van der Waals surface area contributed by atoms with Crippen molar-refractivity contribution in [2.45, 2.75) is 58.8 Å². The monoisotopic (exact) mass is 362 g/mol. The molecule has 1 aliphatic carbocycles. The van der Waals surface area contributed by atoms with Gasteiger partial charge in [0.1, 0.15) is 0 Å². The molecule has 0 aliphatic heterocycles. The van der Waals surface area contributed by atoms with E-state index in [9.17, 15) is 9.90 Å². The number of carboxylic acid groups (broad SMARTS) is 1. The van der Waals surface area contributed by atoms with E-state index in [1.54, 1.807) is 6.07 Å². The number of benzene rings is 2.